The molecule has 3 rings (SSSR count). The molecule has 1 saturated carbocycles. The number of nitrogens with one attached hydrogen (secondary N) is 2. The second kappa shape index (κ2) is 1.48. The Morgan fingerprint density at radius 2 is 2.33 bits per heavy atom. The van der Waals surface area contributed by atoms with Crippen molar-refractivity contribution >= 4 is 0 Å². The lowest BCUT2D eigenvalue weighted by molar-refractivity contribution is 0.0770. The molecule has 0 aromatic carbocycles. The van der Waals surface area contributed by atoms with Gasteiger partial charge in [0.2, 0.25) is 0 Å². The van der Waals surface area contributed by atoms with Crippen molar-refractivity contribution in [2.24, 2.45) is 0 Å². The Labute approximate surface area is 54.4 Å². The van der Waals surface area contributed by atoms with Gasteiger partial charge in [-0.25, -0.2) is 0 Å². The summed E-state index contributed by atoms with van der Waals surface area (Å²) in [5.74, 6) is 0. The Bertz CT molecular complexity index is 131. The molecule has 3 nitrogen and oxygen atoms in total. The van der Waals surface area contributed by atoms with Gasteiger partial charge in [-0.2, -0.15) is 0 Å². The average Bonchev–Trinajstić information content (AvgIpc) is 2.17. The minimum atomic E-state index is -0.313. The van der Waals surface area contributed by atoms with Gasteiger partial charge in [-0.3, -0.25) is 5.32 Å². The molecule has 52 valence electrons. The summed E-state index contributed by atoms with van der Waals surface area (Å²) in [6.07, 6.45) is 1.86. The molecule has 2 saturated heterocycles. The maximum absolute atomic E-state index is 9.32. The molecule has 1 unspecified atom stereocenters. The molecule has 3 aliphatic rings. The summed E-state index contributed by atoms with van der Waals surface area (Å²) >= 11 is 0. The lowest BCUT2D eigenvalue weighted by Gasteiger charge is -2.37. The van der Waals surface area contributed by atoms with E-state index >= 15 is 0 Å². The molecule has 2 bridgehead atoms. The largest absolute Gasteiger partial charge is 0.377 e. The van der Waals surface area contributed by atoms with Gasteiger partial charge in [-0.05, 0) is 19.9 Å². The number of aliphatic hydroxyl groups excluding tert-OH is 1. The van der Waals surface area contributed by atoms with Crippen LogP contribution in [0.3, 0.4) is 0 Å². The van der Waals surface area contributed by atoms with Crippen LogP contribution in [0.4, 0.5) is 0 Å². The van der Waals surface area contributed by atoms with Gasteiger partial charge in [0, 0.05) is 6.04 Å². The molecule has 0 spiro atoms. The summed E-state index contributed by atoms with van der Waals surface area (Å²) in [6, 6.07) is 0.576. The minimum Gasteiger partial charge on any atom is -0.377 e. The SMILES string of the molecule is CNC12CC(C1)NC2O. The molecular formula is C6H12N2O. The maximum atomic E-state index is 9.32. The molecule has 0 aromatic rings. The third-order valence-electron chi connectivity index (χ3n) is 2.64. The highest BCUT2D eigenvalue weighted by Crippen LogP contribution is 2.40. The summed E-state index contributed by atoms with van der Waals surface area (Å²) in [5, 5.41) is 15.5. The van der Waals surface area contributed by atoms with Crippen LogP contribution in [0.15, 0.2) is 0 Å². The zero-order valence-electron chi connectivity index (χ0n) is 5.52. The van der Waals surface area contributed by atoms with Crippen molar-refractivity contribution in [2.75, 3.05) is 7.05 Å². The van der Waals surface area contributed by atoms with Crippen LogP contribution in [0.5, 0.6) is 0 Å². The van der Waals surface area contributed by atoms with E-state index in [9.17, 15) is 5.11 Å². The number of aliphatic hydroxyl groups is 1. The molecular weight excluding hydrogens is 116 g/mol. The molecule has 9 heavy (non-hydrogen) atoms. The van der Waals surface area contributed by atoms with Crippen molar-refractivity contribution in [1.82, 2.24) is 10.6 Å². The monoisotopic (exact) mass is 128 g/mol. The van der Waals surface area contributed by atoms with Crippen molar-refractivity contribution < 1.29 is 5.11 Å². The summed E-state index contributed by atoms with van der Waals surface area (Å²) in [6.45, 7) is 0. The number of hydrogen-bond acceptors (Lipinski definition) is 3. The van der Waals surface area contributed by atoms with E-state index in [1.165, 1.54) is 0 Å². The molecule has 1 atom stereocenters. The molecule has 2 heterocycles. The Morgan fingerprint density at radius 1 is 1.67 bits per heavy atom. The third-order valence-corrected chi connectivity index (χ3v) is 2.64. The smallest absolute Gasteiger partial charge is 0.123 e. The van der Waals surface area contributed by atoms with Gasteiger partial charge >= 0.3 is 0 Å². The standard InChI is InChI=1S/C6H12N2O/c1-7-6-2-4(3-6)8-5(6)9/h4-5,7-9H,2-3H2,1H3. The Balaban J connectivity index is 2.15. The summed E-state index contributed by atoms with van der Waals surface area (Å²) in [7, 11) is 1.91. The van der Waals surface area contributed by atoms with E-state index in [2.05, 4.69) is 10.6 Å². The number of rotatable bonds is 1. The van der Waals surface area contributed by atoms with Gasteiger partial charge in [0.15, 0.2) is 0 Å². The second-order valence-electron chi connectivity index (χ2n) is 3.08. The van der Waals surface area contributed by atoms with Crippen LogP contribution in [0.25, 0.3) is 0 Å². The van der Waals surface area contributed by atoms with Crippen molar-refractivity contribution in [1.29, 1.82) is 0 Å². The van der Waals surface area contributed by atoms with Gasteiger partial charge in [0.1, 0.15) is 6.23 Å². The van der Waals surface area contributed by atoms with Crippen LogP contribution < -0.4 is 10.6 Å². The zero-order valence-corrected chi connectivity index (χ0v) is 5.52. The predicted molar refractivity (Wildman–Crippen MR) is 34.0 cm³/mol. The van der Waals surface area contributed by atoms with Crippen LogP contribution >= 0.6 is 0 Å². The van der Waals surface area contributed by atoms with E-state index in [1.54, 1.807) is 0 Å². The summed E-state index contributed by atoms with van der Waals surface area (Å²) in [4.78, 5) is 0. The van der Waals surface area contributed by atoms with Crippen LogP contribution in [-0.4, -0.2) is 30.0 Å². The fraction of sp³-hybridized carbons (Fsp3) is 1.00. The van der Waals surface area contributed by atoms with Crippen molar-refractivity contribution in [3.63, 3.8) is 0 Å². The quantitative estimate of drug-likeness (QED) is 0.425. The Kier molecular flexibility index (Phi) is 0.928. The first-order valence-electron chi connectivity index (χ1n) is 3.40. The second-order valence-corrected chi connectivity index (χ2v) is 3.08. The summed E-state index contributed by atoms with van der Waals surface area (Å²) < 4.78 is 0. The fourth-order valence-electron chi connectivity index (χ4n) is 1.88. The lowest BCUT2D eigenvalue weighted by Crippen LogP contribution is -2.54. The Morgan fingerprint density at radius 3 is 2.56 bits per heavy atom. The summed E-state index contributed by atoms with van der Waals surface area (Å²) in [5.41, 5.74) is 0.0324. The van der Waals surface area contributed by atoms with Gasteiger partial charge in [-0.1, -0.05) is 0 Å². The van der Waals surface area contributed by atoms with Gasteiger partial charge in [0.05, 0.1) is 5.54 Å². The average molecular weight is 128 g/mol. The zero-order chi connectivity index (χ0) is 6.48. The van der Waals surface area contributed by atoms with E-state index in [0.29, 0.717) is 6.04 Å². The molecule has 0 aromatic heterocycles. The molecule has 3 fully saturated rings. The lowest BCUT2D eigenvalue weighted by atomic mass is 9.77. The van der Waals surface area contributed by atoms with E-state index in [-0.39, 0.29) is 11.8 Å². The van der Waals surface area contributed by atoms with E-state index < -0.39 is 0 Å². The van der Waals surface area contributed by atoms with Crippen molar-refractivity contribution in [3.05, 3.63) is 0 Å². The van der Waals surface area contributed by atoms with Gasteiger partial charge in [0.25, 0.3) is 0 Å². The fourth-order valence-corrected chi connectivity index (χ4v) is 1.88. The highest BCUT2D eigenvalue weighted by Gasteiger charge is 2.55. The van der Waals surface area contributed by atoms with Gasteiger partial charge < -0.3 is 10.4 Å². The number of likely N-dealkylation sites (N-methyl/N-ethyl adjacent to an activating group) is 1. The molecule has 0 amide bonds. The molecule has 1 aliphatic carbocycles. The van der Waals surface area contributed by atoms with E-state index in [1.807, 2.05) is 7.05 Å². The van der Waals surface area contributed by atoms with Gasteiger partial charge in [-0.15, -0.1) is 0 Å². The molecule has 2 aliphatic heterocycles. The molecule has 0 radical (unpaired) electrons. The Hall–Kier alpha value is -0.120. The maximum Gasteiger partial charge on any atom is 0.123 e. The van der Waals surface area contributed by atoms with Crippen molar-refractivity contribution in [3.8, 4) is 0 Å². The highest BCUT2D eigenvalue weighted by molar-refractivity contribution is 5.14. The highest BCUT2D eigenvalue weighted by atomic mass is 16.3. The van der Waals surface area contributed by atoms with E-state index in [4.69, 9.17) is 0 Å². The van der Waals surface area contributed by atoms with Crippen LogP contribution in [0.2, 0.25) is 0 Å². The van der Waals surface area contributed by atoms with Crippen LogP contribution in [-0.2, 0) is 0 Å². The van der Waals surface area contributed by atoms with E-state index in [0.717, 1.165) is 12.8 Å². The first kappa shape index (κ1) is 5.65. The van der Waals surface area contributed by atoms with Crippen LogP contribution in [0, 0.1) is 0 Å². The predicted octanol–water partition coefficient (Wildman–Crippen LogP) is -0.971. The first-order chi connectivity index (χ1) is 4.27. The number of fused-ring (bicyclic) bond motifs is 1. The molecule has 3 heteroatoms. The topological polar surface area (TPSA) is 44.3 Å². The normalized spacial score (nSPS) is 55.3. The molecule has 3 N–H and O–H groups in total. The van der Waals surface area contributed by atoms with Crippen LogP contribution in [0.1, 0.15) is 12.8 Å². The third kappa shape index (κ3) is 0.520. The van der Waals surface area contributed by atoms with Crippen molar-refractivity contribution in [2.45, 2.75) is 30.7 Å². The first-order valence-corrected chi connectivity index (χ1v) is 3.40. The minimum absolute atomic E-state index is 0.0324. The number of hydrogen-bond donors (Lipinski definition) is 3.